The molecule has 8 heteroatoms. The maximum absolute atomic E-state index is 12.0. The Bertz CT molecular complexity index is 560. The zero-order chi connectivity index (χ0) is 14.7. The van der Waals surface area contributed by atoms with Gasteiger partial charge in [0.25, 0.3) is 0 Å². The number of anilines is 1. The van der Waals surface area contributed by atoms with E-state index in [0.29, 0.717) is 13.1 Å². The van der Waals surface area contributed by atoms with Crippen molar-refractivity contribution >= 4 is 23.6 Å². The number of aromatic nitrogens is 1. The maximum Gasteiger partial charge on any atom is 0.337 e. The molecule has 0 saturated carbocycles. The van der Waals surface area contributed by atoms with E-state index in [1.807, 2.05) is 0 Å². The molecular formula is C12H14N4O4. The highest BCUT2D eigenvalue weighted by molar-refractivity contribution is 5.94. The highest BCUT2D eigenvalue weighted by Crippen LogP contribution is 2.10. The third kappa shape index (κ3) is 3.02. The number of rotatable bonds is 2. The number of urea groups is 1. The topological polar surface area (TPSA) is 103 Å². The van der Waals surface area contributed by atoms with E-state index in [1.54, 1.807) is 11.9 Å². The number of carboxylic acids is 1. The number of carbonyl (C=O) groups excluding carboxylic acids is 2. The zero-order valence-electron chi connectivity index (χ0n) is 10.9. The van der Waals surface area contributed by atoms with Crippen LogP contribution >= 0.6 is 0 Å². The van der Waals surface area contributed by atoms with Crippen LogP contribution in [0.15, 0.2) is 18.5 Å². The molecule has 106 valence electrons. The minimum atomic E-state index is -1.12. The molecule has 0 aliphatic carbocycles. The number of nitrogens with one attached hydrogen (secondary N) is 1. The van der Waals surface area contributed by atoms with Crippen molar-refractivity contribution < 1.29 is 19.5 Å². The fourth-order valence-electron chi connectivity index (χ4n) is 1.76. The van der Waals surface area contributed by atoms with Gasteiger partial charge in [-0.25, -0.2) is 9.59 Å². The molecule has 2 heterocycles. The average Bonchev–Trinajstić information content (AvgIpc) is 2.42. The van der Waals surface area contributed by atoms with Gasteiger partial charge in [-0.05, 0) is 6.07 Å². The number of pyridine rings is 1. The van der Waals surface area contributed by atoms with Crippen molar-refractivity contribution in [3.8, 4) is 0 Å². The van der Waals surface area contributed by atoms with Crippen LogP contribution in [0.3, 0.4) is 0 Å². The lowest BCUT2D eigenvalue weighted by atomic mass is 10.2. The molecule has 1 saturated heterocycles. The number of hydrogen-bond acceptors (Lipinski definition) is 4. The summed E-state index contributed by atoms with van der Waals surface area (Å²) in [5, 5.41) is 11.4. The predicted octanol–water partition coefficient (Wildman–Crippen LogP) is 0.0857. The fourth-order valence-corrected chi connectivity index (χ4v) is 1.76. The van der Waals surface area contributed by atoms with Gasteiger partial charge in [0.1, 0.15) is 6.54 Å². The lowest BCUT2D eigenvalue weighted by Crippen LogP contribution is -2.51. The number of likely N-dealkylation sites (N-methyl/N-ethyl adjacent to an activating group) is 1. The van der Waals surface area contributed by atoms with Crippen LogP contribution in [0, 0.1) is 0 Å². The van der Waals surface area contributed by atoms with E-state index in [0.717, 1.165) is 0 Å². The average molecular weight is 278 g/mol. The molecule has 3 amide bonds. The molecule has 8 nitrogen and oxygen atoms in total. The quantitative estimate of drug-likeness (QED) is 0.797. The van der Waals surface area contributed by atoms with Gasteiger partial charge in [-0.15, -0.1) is 0 Å². The molecule has 2 N–H and O–H groups in total. The molecule has 1 aromatic rings. The molecule has 0 bridgehead atoms. The van der Waals surface area contributed by atoms with Crippen LogP contribution in [-0.2, 0) is 4.79 Å². The van der Waals surface area contributed by atoms with E-state index in [2.05, 4.69) is 10.3 Å². The van der Waals surface area contributed by atoms with Crippen molar-refractivity contribution in [1.29, 1.82) is 0 Å². The minimum Gasteiger partial charge on any atom is -0.478 e. The predicted molar refractivity (Wildman–Crippen MR) is 69.4 cm³/mol. The SMILES string of the molecule is CN1CCN(C(=O)Nc2cncc(C(=O)O)c2)CC1=O. The summed E-state index contributed by atoms with van der Waals surface area (Å²) in [6.07, 6.45) is 2.54. The summed E-state index contributed by atoms with van der Waals surface area (Å²) in [6, 6.07) is 0.862. The Hall–Kier alpha value is -2.64. The molecule has 0 aromatic carbocycles. The van der Waals surface area contributed by atoms with Gasteiger partial charge in [-0.1, -0.05) is 0 Å². The Labute approximate surface area is 115 Å². The second kappa shape index (κ2) is 5.55. The second-order valence-electron chi connectivity index (χ2n) is 4.43. The molecule has 0 radical (unpaired) electrons. The van der Waals surface area contributed by atoms with E-state index < -0.39 is 12.0 Å². The third-order valence-electron chi connectivity index (χ3n) is 2.98. The van der Waals surface area contributed by atoms with Crippen LogP contribution in [0.2, 0.25) is 0 Å². The first-order valence-corrected chi connectivity index (χ1v) is 5.95. The van der Waals surface area contributed by atoms with Crippen molar-refractivity contribution in [2.45, 2.75) is 0 Å². The summed E-state index contributed by atoms with van der Waals surface area (Å²) >= 11 is 0. The number of hydrogen-bond donors (Lipinski definition) is 2. The zero-order valence-corrected chi connectivity index (χ0v) is 10.9. The lowest BCUT2D eigenvalue weighted by molar-refractivity contribution is -0.133. The van der Waals surface area contributed by atoms with E-state index >= 15 is 0 Å². The van der Waals surface area contributed by atoms with Crippen LogP contribution in [0.25, 0.3) is 0 Å². The summed E-state index contributed by atoms with van der Waals surface area (Å²) < 4.78 is 0. The number of aromatic carboxylic acids is 1. The van der Waals surface area contributed by atoms with Crippen molar-refractivity contribution in [2.75, 3.05) is 32.0 Å². The Morgan fingerprint density at radius 3 is 2.75 bits per heavy atom. The van der Waals surface area contributed by atoms with Gasteiger partial charge in [0, 0.05) is 26.3 Å². The first-order chi connectivity index (χ1) is 9.47. The molecule has 0 spiro atoms. The van der Waals surface area contributed by atoms with Crippen molar-refractivity contribution in [2.24, 2.45) is 0 Å². The number of nitrogens with zero attached hydrogens (tertiary/aromatic N) is 3. The fraction of sp³-hybridized carbons (Fsp3) is 0.333. The normalized spacial score (nSPS) is 15.2. The molecule has 1 fully saturated rings. The van der Waals surface area contributed by atoms with Gasteiger partial charge in [0.2, 0.25) is 5.91 Å². The monoisotopic (exact) mass is 278 g/mol. The number of carbonyl (C=O) groups is 3. The third-order valence-corrected chi connectivity index (χ3v) is 2.98. The van der Waals surface area contributed by atoms with E-state index in [1.165, 1.54) is 23.4 Å². The largest absolute Gasteiger partial charge is 0.478 e. The number of piperazine rings is 1. The smallest absolute Gasteiger partial charge is 0.337 e. The van der Waals surface area contributed by atoms with Crippen LogP contribution in [0.5, 0.6) is 0 Å². The Balaban J connectivity index is 2.03. The summed E-state index contributed by atoms with van der Waals surface area (Å²) in [5.74, 6) is -1.26. The van der Waals surface area contributed by atoms with E-state index in [-0.39, 0.29) is 23.7 Å². The van der Waals surface area contributed by atoms with Gasteiger partial charge in [-0.3, -0.25) is 9.78 Å². The van der Waals surface area contributed by atoms with Gasteiger partial charge >= 0.3 is 12.0 Å². The molecule has 20 heavy (non-hydrogen) atoms. The Kier molecular flexibility index (Phi) is 3.83. The first-order valence-electron chi connectivity index (χ1n) is 5.95. The summed E-state index contributed by atoms with van der Waals surface area (Å²) in [4.78, 5) is 41.0. The van der Waals surface area contributed by atoms with Crippen molar-refractivity contribution in [3.63, 3.8) is 0 Å². The van der Waals surface area contributed by atoms with Gasteiger partial charge in [0.05, 0.1) is 17.4 Å². The standard InChI is InChI=1S/C12H14N4O4/c1-15-2-3-16(7-10(15)17)12(20)14-9-4-8(11(18)19)5-13-6-9/h4-6H,2-3,7H2,1H3,(H,14,20)(H,18,19). The van der Waals surface area contributed by atoms with Crippen LogP contribution in [0.4, 0.5) is 10.5 Å². The van der Waals surface area contributed by atoms with Gasteiger partial charge in [-0.2, -0.15) is 0 Å². The number of amides is 3. The first kappa shape index (κ1) is 13.8. The highest BCUT2D eigenvalue weighted by atomic mass is 16.4. The maximum atomic E-state index is 12.0. The molecule has 1 aliphatic rings. The lowest BCUT2D eigenvalue weighted by Gasteiger charge is -2.31. The van der Waals surface area contributed by atoms with Gasteiger partial charge < -0.3 is 20.2 Å². The Morgan fingerprint density at radius 2 is 2.10 bits per heavy atom. The summed E-state index contributed by atoms with van der Waals surface area (Å²) in [5.41, 5.74) is 0.263. The molecule has 0 atom stereocenters. The second-order valence-corrected chi connectivity index (χ2v) is 4.43. The van der Waals surface area contributed by atoms with Crippen molar-refractivity contribution in [1.82, 2.24) is 14.8 Å². The molecule has 0 unspecified atom stereocenters. The molecule has 2 rings (SSSR count). The van der Waals surface area contributed by atoms with Crippen molar-refractivity contribution in [3.05, 3.63) is 24.0 Å². The van der Waals surface area contributed by atoms with Crippen LogP contribution in [0.1, 0.15) is 10.4 Å². The highest BCUT2D eigenvalue weighted by Gasteiger charge is 2.24. The van der Waals surface area contributed by atoms with Crippen LogP contribution in [-0.4, -0.2) is 64.5 Å². The Morgan fingerprint density at radius 1 is 1.35 bits per heavy atom. The minimum absolute atomic E-state index is 0.00832. The van der Waals surface area contributed by atoms with Gasteiger partial charge in [0.15, 0.2) is 0 Å². The molecule has 1 aliphatic heterocycles. The van der Waals surface area contributed by atoms with E-state index in [9.17, 15) is 14.4 Å². The number of carboxylic acid groups (broad SMARTS) is 1. The molecule has 1 aromatic heterocycles. The summed E-state index contributed by atoms with van der Waals surface area (Å²) in [6.45, 7) is 0.911. The molecular weight excluding hydrogens is 264 g/mol. The summed E-state index contributed by atoms with van der Waals surface area (Å²) in [7, 11) is 1.68. The van der Waals surface area contributed by atoms with Crippen LogP contribution < -0.4 is 5.32 Å². The van der Waals surface area contributed by atoms with E-state index in [4.69, 9.17) is 5.11 Å².